The van der Waals surface area contributed by atoms with Crippen molar-refractivity contribution in [2.75, 3.05) is 11.1 Å². The van der Waals surface area contributed by atoms with E-state index >= 15 is 0 Å². The molecule has 3 N–H and O–H groups in total. The molecular weight excluding hydrogens is 320 g/mol. The molecule has 1 amide bonds. The summed E-state index contributed by atoms with van der Waals surface area (Å²) in [5.74, 6) is -2.84. The molecule has 7 heteroatoms. The number of nitrogen functional groups attached to an aromatic ring is 1. The van der Waals surface area contributed by atoms with E-state index in [-0.39, 0.29) is 15.8 Å². The number of hydrogen-bond acceptors (Lipinski definition) is 3. The van der Waals surface area contributed by atoms with E-state index in [9.17, 15) is 13.6 Å². The molecule has 0 atom stereocenters. The first kappa shape index (κ1) is 13.4. The Morgan fingerprint density at radius 3 is 2.53 bits per heavy atom. The number of halogens is 3. The molecule has 0 bridgehead atoms. The molecule has 0 aliphatic rings. The van der Waals surface area contributed by atoms with E-state index in [1.165, 1.54) is 18.5 Å². The molecule has 0 unspecified atom stereocenters. The van der Waals surface area contributed by atoms with Crippen molar-refractivity contribution in [1.82, 2.24) is 4.98 Å². The van der Waals surface area contributed by atoms with Crippen LogP contribution in [0.1, 0.15) is 10.4 Å². The van der Waals surface area contributed by atoms with E-state index in [0.29, 0.717) is 0 Å². The van der Waals surface area contributed by atoms with Crippen molar-refractivity contribution in [2.45, 2.75) is 0 Å². The average Bonchev–Trinajstić information content (AvgIpc) is 2.30. The minimum absolute atomic E-state index is 0.203. The van der Waals surface area contributed by atoms with Gasteiger partial charge in [0.2, 0.25) is 0 Å². The van der Waals surface area contributed by atoms with Gasteiger partial charge in [-0.3, -0.25) is 9.78 Å². The number of nitrogens with two attached hydrogens (primary N) is 1. The molecule has 0 saturated heterocycles. The van der Waals surface area contributed by atoms with Gasteiger partial charge >= 0.3 is 0 Å². The topological polar surface area (TPSA) is 68.0 Å². The maximum atomic E-state index is 13.6. The van der Waals surface area contributed by atoms with Gasteiger partial charge < -0.3 is 11.1 Å². The summed E-state index contributed by atoms with van der Waals surface area (Å²) in [5, 5.41) is 2.33. The number of hydrogen-bond donors (Lipinski definition) is 2. The van der Waals surface area contributed by atoms with E-state index in [1.807, 2.05) is 0 Å². The van der Waals surface area contributed by atoms with Gasteiger partial charge in [-0.05, 0) is 18.2 Å². The first-order chi connectivity index (χ1) is 8.99. The molecule has 0 aliphatic carbocycles. The lowest BCUT2D eigenvalue weighted by Crippen LogP contribution is -2.17. The van der Waals surface area contributed by atoms with Gasteiger partial charge in [0.25, 0.3) is 5.91 Å². The molecular formula is C12H8BrF2N3O. The average molecular weight is 328 g/mol. The summed E-state index contributed by atoms with van der Waals surface area (Å²) in [4.78, 5) is 15.6. The standard InChI is InChI=1S/C12H8BrF2N3O/c13-6-3-7(14)11(8(15)4-6)12(19)18-10-1-2-17-5-9(10)16/h1-5H,16H2,(H,17,18,19). The Bertz CT molecular complexity index is 626. The minimum Gasteiger partial charge on any atom is -0.396 e. The SMILES string of the molecule is Nc1cnccc1NC(=O)c1c(F)cc(Br)cc1F. The number of benzene rings is 1. The molecule has 1 aromatic heterocycles. The number of nitrogens with zero attached hydrogens (tertiary/aromatic N) is 1. The third-order valence-corrected chi connectivity index (χ3v) is 2.79. The molecule has 0 fully saturated rings. The lowest BCUT2D eigenvalue weighted by atomic mass is 10.2. The third kappa shape index (κ3) is 2.87. The second kappa shape index (κ2) is 5.31. The fraction of sp³-hybridized carbons (Fsp3) is 0. The number of pyridine rings is 1. The number of aromatic nitrogens is 1. The molecule has 1 heterocycles. The molecule has 0 saturated carbocycles. The van der Waals surface area contributed by atoms with Gasteiger partial charge in [-0.15, -0.1) is 0 Å². The van der Waals surface area contributed by atoms with Crippen LogP contribution >= 0.6 is 15.9 Å². The molecule has 0 aliphatic heterocycles. The summed E-state index contributed by atoms with van der Waals surface area (Å²) in [6.07, 6.45) is 2.73. The highest BCUT2D eigenvalue weighted by atomic mass is 79.9. The van der Waals surface area contributed by atoms with Crippen molar-refractivity contribution in [3.05, 3.63) is 52.3 Å². The van der Waals surface area contributed by atoms with Crippen LogP contribution < -0.4 is 11.1 Å². The van der Waals surface area contributed by atoms with Gasteiger partial charge in [-0.25, -0.2) is 8.78 Å². The lowest BCUT2D eigenvalue weighted by molar-refractivity contribution is 0.101. The highest BCUT2D eigenvalue weighted by Crippen LogP contribution is 2.22. The molecule has 1 aromatic carbocycles. The van der Waals surface area contributed by atoms with E-state index in [1.54, 1.807) is 0 Å². The fourth-order valence-electron chi connectivity index (χ4n) is 1.46. The van der Waals surface area contributed by atoms with Crippen LogP contribution in [-0.4, -0.2) is 10.9 Å². The summed E-state index contributed by atoms with van der Waals surface area (Å²) in [6, 6.07) is 3.45. The molecule has 2 rings (SSSR count). The van der Waals surface area contributed by atoms with Crippen molar-refractivity contribution < 1.29 is 13.6 Å². The number of carbonyl (C=O) groups excluding carboxylic acids is 1. The van der Waals surface area contributed by atoms with Crippen LogP contribution in [0.2, 0.25) is 0 Å². The lowest BCUT2D eigenvalue weighted by Gasteiger charge is -2.09. The molecule has 19 heavy (non-hydrogen) atoms. The summed E-state index contributed by atoms with van der Waals surface area (Å²) >= 11 is 2.93. The predicted molar refractivity (Wildman–Crippen MR) is 70.7 cm³/mol. The zero-order valence-corrected chi connectivity index (χ0v) is 11.0. The zero-order valence-electron chi connectivity index (χ0n) is 9.45. The largest absolute Gasteiger partial charge is 0.396 e. The maximum absolute atomic E-state index is 13.6. The molecule has 0 radical (unpaired) electrons. The second-order valence-electron chi connectivity index (χ2n) is 3.66. The molecule has 4 nitrogen and oxygen atoms in total. The number of nitrogens with one attached hydrogen (secondary N) is 1. The van der Waals surface area contributed by atoms with Crippen LogP contribution in [0, 0.1) is 11.6 Å². The Morgan fingerprint density at radius 1 is 1.32 bits per heavy atom. The molecule has 2 aromatic rings. The number of rotatable bonds is 2. The van der Waals surface area contributed by atoms with Gasteiger partial charge in [0, 0.05) is 10.7 Å². The van der Waals surface area contributed by atoms with Gasteiger partial charge in [-0.2, -0.15) is 0 Å². The third-order valence-electron chi connectivity index (χ3n) is 2.33. The summed E-state index contributed by atoms with van der Waals surface area (Å²) in [6.45, 7) is 0. The Balaban J connectivity index is 2.34. The van der Waals surface area contributed by atoms with Crippen LogP contribution in [-0.2, 0) is 0 Å². The number of carbonyl (C=O) groups is 1. The first-order valence-electron chi connectivity index (χ1n) is 5.14. The van der Waals surface area contributed by atoms with Crippen LogP contribution in [0.3, 0.4) is 0 Å². The van der Waals surface area contributed by atoms with Crippen molar-refractivity contribution in [1.29, 1.82) is 0 Å². The highest BCUT2D eigenvalue weighted by Gasteiger charge is 2.19. The molecule has 98 valence electrons. The van der Waals surface area contributed by atoms with E-state index in [0.717, 1.165) is 12.1 Å². The summed E-state index contributed by atoms with van der Waals surface area (Å²) in [5.41, 5.74) is 5.35. The van der Waals surface area contributed by atoms with Crippen LogP contribution in [0.5, 0.6) is 0 Å². The fourth-order valence-corrected chi connectivity index (χ4v) is 1.87. The van der Waals surface area contributed by atoms with Crippen LogP contribution in [0.15, 0.2) is 35.1 Å². The van der Waals surface area contributed by atoms with E-state index < -0.39 is 23.1 Å². The summed E-state index contributed by atoms with van der Waals surface area (Å²) < 4.78 is 27.4. The van der Waals surface area contributed by atoms with Gasteiger partial charge in [0.1, 0.15) is 17.2 Å². The number of anilines is 2. The Hall–Kier alpha value is -2.02. The minimum atomic E-state index is -0.961. The zero-order chi connectivity index (χ0) is 14.0. The predicted octanol–water partition coefficient (Wildman–Crippen LogP) is 2.96. The monoisotopic (exact) mass is 327 g/mol. The van der Waals surface area contributed by atoms with Crippen molar-refractivity contribution >= 4 is 33.2 Å². The Morgan fingerprint density at radius 2 is 1.95 bits per heavy atom. The van der Waals surface area contributed by atoms with Crippen molar-refractivity contribution in [3.63, 3.8) is 0 Å². The Kier molecular flexibility index (Phi) is 3.75. The van der Waals surface area contributed by atoms with Crippen LogP contribution in [0.4, 0.5) is 20.2 Å². The van der Waals surface area contributed by atoms with Crippen molar-refractivity contribution in [2.24, 2.45) is 0 Å². The quantitative estimate of drug-likeness (QED) is 0.891. The summed E-state index contributed by atoms with van der Waals surface area (Å²) in [7, 11) is 0. The van der Waals surface area contributed by atoms with Gasteiger partial charge in [-0.1, -0.05) is 15.9 Å². The van der Waals surface area contributed by atoms with Crippen LogP contribution in [0.25, 0.3) is 0 Å². The smallest absolute Gasteiger partial charge is 0.261 e. The van der Waals surface area contributed by atoms with E-state index in [2.05, 4.69) is 26.2 Å². The Labute approximate surface area is 115 Å². The van der Waals surface area contributed by atoms with Gasteiger partial charge in [0.05, 0.1) is 17.6 Å². The molecule has 0 spiro atoms. The normalized spacial score (nSPS) is 10.3. The maximum Gasteiger partial charge on any atom is 0.261 e. The first-order valence-corrected chi connectivity index (χ1v) is 5.93. The van der Waals surface area contributed by atoms with E-state index in [4.69, 9.17) is 5.73 Å². The number of amides is 1. The van der Waals surface area contributed by atoms with Crippen molar-refractivity contribution in [3.8, 4) is 0 Å². The van der Waals surface area contributed by atoms with Gasteiger partial charge in [0.15, 0.2) is 0 Å². The highest BCUT2D eigenvalue weighted by molar-refractivity contribution is 9.10. The second-order valence-corrected chi connectivity index (χ2v) is 4.58.